The maximum Gasteiger partial charge on any atom is 0.272 e. The van der Waals surface area contributed by atoms with Gasteiger partial charge >= 0.3 is 0 Å². The molecule has 0 saturated heterocycles. The van der Waals surface area contributed by atoms with Crippen LogP contribution in [0.4, 0.5) is 0 Å². The Balaban J connectivity index is 2.14. The van der Waals surface area contributed by atoms with Gasteiger partial charge in [0.05, 0.1) is 0 Å². The lowest BCUT2D eigenvalue weighted by molar-refractivity contribution is 0.0913. The smallest absolute Gasteiger partial charge is 0.272 e. The number of nitrogens with zero attached hydrogens (tertiary/aromatic N) is 2. The molecule has 0 bridgehead atoms. The SMILES string of the molecule is Cn1nc(C(=O)NC(C)(C)C)cc1Cc1ccc[nH]1. The zero-order chi connectivity index (χ0) is 14.0. The Bertz CT molecular complexity index is 561. The molecule has 2 heterocycles. The van der Waals surface area contributed by atoms with Crippen molar-refractivity contribution in [2.24, 2.45) is 7.05 Å². The van der Waals surface area contributed by atoms with E-state index in [1.807, 2.05) is 52.2 Å². The molecule has 0 aliphatic rings. The third kappa shape index (κ3) is 3.47. The molecule has 2 N–H and O–H groups in total. The molecule has 0 aliphatic carbocycles. The fourth-order valence-electron chi connectivity index (χ4n) is 1.86. The zero-order valence-electron chi connectivity index (χ0n) is 11.8. The average Bonchev–Trinajstić information content (AvgIpc) is 2.88. The third-order valence-corrected chi connectivity index (χ3v) is 2.73. The molecule has 0 unspecified atom stereocenters. The molecule has 0 atom stereocenters. The molecule has 2 aromatic heterocycles. The van der Waals surface area contributed by atoms with Crippen molar-refractivity contribution in [2.75, 3.05) is 0 Å². The predicted molar refractivity (Wildman–Crippen MR) is 74.0 cm³/mol. The van der Waals surface area contributed by atoms with Crippen LogP contribution < -0.4 is 5.32 Å². The Morgan fingerprint density at radius 2 is 2.21 bits per heavy atom. The van der Waals surface area contributed by atoms with E-state index >= 15 is 0 Å². The number of amides is 1. The summed E-state index contributed by atoms with van der Waals surface area (Å²) in [5, 5.41) is 7.18. The summed E-state index contributed by atoms with van der Waals surface area (Å²) in [6.07, 6.45) is 2.62. The summed E-state index contributed by atoms with van der Waals surface area (Å²) in [5.74, 6) is -0.138. The van der Waals surface area contributed by atoms with Crippen molar-refractivity contribution in [1.29, 1.82) is 0 Å². The molecule has 5 nitrogen and oxygen atoms in total. The molecule has 0 spiro atoms. The van der Waals surface area contributed by atoms with E-state index in [4.69, 9.17) is 0 Å². The van der Waals surface area contributed by atoms with Crippen LogP contribution in [0.3, 0.4) is 0 Å². The van der Waals surface area contributed by atoms with E-state index in [1.54, 1.807) is 4.68 Å². The molecule has 1 amide bonds. The Labute approximate surface area is 113 Å². The van der Waals surface area contributed by atoms with Crippen LogP contribution >= 0.6 is 0 Å². The van der Waals surface area contributed by atoms with Crippen molar-refractivity contribution in [3.05, 3.63) is 41.5 Å². The largest absolute Gasteiger partial charge is 0.365 e. The first-order valence-electron chi connectivity index (χ1n) is 6.33. The molecule has 2 aromatic rings. The van der Waals surface area contributed by atoms with Crippen LogP contribution in [-0.4, -0.2) is 26.2 Å². The molecule has 0 radical (unpaired) electrons. The minimum atomic E-state index is -0.256. The summed E-state index contributed by atoms with van der Waals surface area (Å²) in [7, 11) is 1.85. The molecule has 0 fully saturated rings. The average molecular weight is 260 g/mol. The first-order chi connectivity index (χ1) is 8.85. The first kappa shape index (κ1) is 13.4. The number of hydrogen-bond donors (Lipinski definition) is 2. The molecule has 102 valence electrons. The van der Waals surface area contributed by atoms with Gasteiger partial charge in [-0.15, -0.1) is 0 Å². The van der Waals surface area contributed by atoms with Gasteiger partial charge in [0.2, 0.25) is 0 Å². The van der Waals surface area contributed by atoms with E-state index in [0.29, 0.717) is 5.69 Å². The minimum Gasteiger partial charge on any atom is -0.365 e. The number of carbonyl (C=O) groups is 1. The minimum absolute atomic E-state index is 0.138. The molecule has 0 aliphatic heterocycles. The number of aromatic nitrogens is 3. The van der Waals surface area contributed by atoms with Crippen LogP contribution in [0.15, 0.2) is 24.4 Å². The second-order valence-electron chi connectivity index (χ2n) is 5.72. The van der Waals surface area contributed by atoms with Gasteiger partial charge in [-0.2, -0.15) is 5.10 Å². The zero-order valence-corrected chi connectivity index (χ0v) is 11.8. The second-order valence-corrected chi connectivity index (χ2v) is 5.72. The number of nitrogens with one attached hydrogen (secondary N) is 2. The monoisotopic (exact) mass is 260 g/mol. The van der Waals surface area contributed by atoms with Crippen LogP contribution in [-0.2, 0) is 13.5 Å². The number of aromatic amines is 1. The van der Waals surface area contributed by atoms with Crippen molar-refractivity contribution in [1.82, 2.24) is 20.1 Å². The summed E-state index contributed by atoms with van der Waals surface area (Å²) in [6, 6.07) is 5.81. The highest BCUT2D eigenvalue weighted by atomic mass is 16.2. The van der Waals surface area contributed by atoms with Gasteiger partial charge in [-0.25, -0.2) is 0 Å². The van der Waals surface area contributed by atoms with E-state index in [9.17, 15) is 4.79 Å². The number of hydrogen-bond acceptors (Lipinski definition) is 2. The van der Waals surface area contributed by atoms with Crippen molar-refractivity contribution >= 4 is 5.91 Å². The second kappa shape index (κ2) is 4.91. The molecule has 0 aromatic carbocycles. The van der Waals surface area contributed by atoms with Crippen molar-refractivity contribution < 1.29 is 4.79 Å². The van der Waals surface area contributed by atoms with Crippen LogP contribution in [0, 0.1) is 0 Å². The van der Waals surface area contributed by atoms with Gasteiger partial charge < -0.3 is 10.3 Å². The number of H-pyrrole nitrogens is 1. The van der Waals surface area contributed by atoms with E-state index in [-0.39, 0.29) is 11.4 Å². The maximum absolute atomic E-state index is 12.0. The number of rotatable bonds is 3. The van der Waals surface area contributed by atoms with Gasteiger partial charge in [-0.3, -0.25) is 9.48 Å². The fourth-order valence-corrected chi connectivity index (χ4v) is 1.86. The lowest BCUT2D eigenvalue weighted by Crippen LogP contribution is -2.40. The number of aryl methyl sites for hydroxylation is 1. The van der Waals surface area contributed by atoms with E-state index in [2.05, 4.69) is 15.4 Å². The summed E-state index contributed by atoms with van der Waals surface area (Å²) < 4.78 is 1.75. The van der Waals surface area contributed by atoms with Crippen LogP contribution in [0.5, 0.6) is 0 Å². The van der Waals surface area contributed by atoms with E-state index in [1.165, 1.54) is 0 Å². The predicted octanol–water partition coefficient (Wildman–Crippen LogP) is 1.87. The molecule has 2 rings (SSSR count). The van der Waals surface area contributed by atoms with Crippen molar-refractivity contribution in [3.8, 4) is 0 Å². The van der Waals surface area contributed by atoms with Gasteiger partial charge in [0.25, 0.3) is 5.91 Å². The Morgan fingerprint density at radius 1 is 1.47 bits per heavy atom. The number of carbonyl (C=O) groups excluding carboxylic acids is 1. The van der Waals surface area contributed by atoms with Gasteiger partial charge in [0.1, 0.15) is 5.69 Å². The Hall–Kier alpha value is -2.04. The van der Waals surface area contributed by atoms with Crippen LogP contribution in [0.25, 0.3) is 0 Å². The third-order valence-electron chi connectivity index (χ3n) is 2.73. The molecule has 5 heteroatoms. The first-order valence-corrected chi connectivity index (χ1v) is 6.33. The lowest BCUT2D eigenvalue weighted by atomic mass is 10.1. The van der Waals surface area contributed by atoms with Gasteiger partial charge in [-0.1, -0.05) is 0 Å². The van der Waals surface area contributed by atoms with Crippen molar-refractivity contribution in [3.63, 3.8) is 0 Å². The molecule has 0 saturated carbocycles. The highest BCUT2D eigenvalue weighted by Crippen LogP contribution is 2.10. The molecular weight excluding hydrogens is 240 g/mol. The fraction of sp³-hybridized carbons (Fsp3) is 0.429. The normalized spacial score (nSPS) is 11.6. The lowest BCUT2D eigenvalue weighted by Gasteiger charge is -2.19. The molecule has 19 heavy (non-hydrogen) atoms. The highest BCUT2D eigenvalue weighted by molar-refractivity contribution is 5.92. The molecular formula is C14H20N4O. The summed E-state index contributed by atoms with van der Waals surface area (Å²) >= 11 is 0. The Kier molecular flexibility index (Phi) is 3.46. The van der Waals surface area contributed by atoms with Crippen LogP contribution in [0.2, 0.25) is 0 Å². The standard InChI is InChI=1S/C14H20N4O/c1-14(2,3)16-13(19)12-9-11(18(4)17-12)8-10-6-5-7-15-10/h5-7,9,15H,8H2,1-4H3,(H,16,19). The summed E-state index contributed by atoms with van der Waals surface area (Å²) in [4.78, 5) is 15.2. The maximum atomic E-state index is 12.0. The summed E-state index contributed by atoms with van der Waals surface area (Å²) in [5.41, 5.74) is 2.31. The van der Waals surface area contributed by atoms with E-state index in [0.717, 1.165) is 17.8 Å². The van der Waals surface area contributed by atoms with Gasteiger partial charge in [0, 0.05) is 36.6 Å². The summed E-state index contributed by atoms with van der Waals surface area (Å²) in [6.45, 7) is 5.86. The van der Waals surface area contributed by atoms with E-state index < -0.39 is 0 Å². The van der Waals surface area contributed by atoms with Gasteiger partial charge in [-0.05, 0) is 39.0 Å². The van der Waals surface area contributed by atoms with Gasteiger partial charge in [0.15, 0.2) is 0 Å². The quantitative estimate of drug-likeness (QED) is 0.885. The topological polar surface area (TPSA) is 62.7 Å². The van der Waals surface area contributed by atoms with Crippen molar-refractivity contribution in [2.45, 2.75) is 32.7 Å². The Morgan fingerprint density at radius 3 is 2.79 bits per heavy atom. The van der Waals surface area contributed by atoms with Crippen LogP contribution in [0.1, 0.15) is 42.6 Å². The highest BCUT2D eigenvalue weighted by Gasteiger charge is 2.18.